The molecule has 0 saturated carbocycles. The van der Waals surface area contributed by atoms with Gasteiger partial charge in [0.2, 0.25) is 11.8 Å². The van der Waals surface area contributed by atoms with E-state index >= 15 is 0 Å². The summed E-state index contributed by atoms with van der Waals surface area (Å²) in [7, 11) is 1.50. The maximum absolute atomic E-state index is 13.7. The number of nitriles is 1. The predicted octanol–water partition coefficient (Wildman–Crippen LogP) is 2.87. The third kappa shape index (κ3) is 3.22. The van der Waals surface area contributed by atoms with Crippen LogP contribution < -0.4 is 10.1 Å². The molecule has 0 saturated heterocycles. The van der Waals surface area contributed by atoms with Gasteiger partial charge in [0.1, 0.15) is 5.82 Å². The van der Waals surface area contributed by atoms with Crippen molar-refractivity contribution in [1.29, 1.82) is 5.26 Å². The van der Waals surface area contributed by atoms with Gasteiger partial charge in [0.25, 0.3) is 0 Å². The van der Waals surface area contributed by atoms with E-state index in [-0.39, 0.29) is 12.1 Å². The monoisotopic (exact) mass is 336 g/mol. The fourth-order valence-electron chi connectivity index (χ4n) is 1.51. The van der Waals surface area contributed by atoms with Crippen molar-refractivity contribution in [2.45, 2.75) is 6.54 Å². The lowest BCUT2D eigenvalue weighted by molar-refractivity contribution is 0.394. The Morgan fingerprint density at radius 1 is 1.50 bits per heavy atom. The molecule has 0 atom stereocenters. The summed E-state index contributed by atoms with van der Waals surface area (Å²) in [5, 5.41) is 11.6. The van der Waals surface area contributed by atoms with Gasteiger partial charge in [-0.05, 0) is 28.1 Å². The fourth-order valence-corrected chi connectivity index (χ4v) is 1.87. The molecule has 102 valence electrons. The van der Waals surface area contributed by atoms with Gasteiger partial charge in [-0.25, -0.2) is 9.37 Å². The lowest BCUT2D eigenvalue weighted by atomic mass is 10.1. The molecule has 0 fully saturated rings. The molecule has 0 spiro atoms. The molecule has 1 aromatic carbocycles. The molecule has 5 nitrogen and oxygen atoms in total. The van der Waals surface area contributed by atoms with E-state index < -0.39 is 5.82 Å². The quantitative estimate of drug-likeness (QED) is 0.929. The lowest BCUT2D eigenvalue weighted by Crippen LogP contribution is -2.06. The largest absolute Gasteiger partial charge is 0.480 e. The van der Waals surface area contributed by atoms with Crippen LogP contribution in [-0.2, 0) is 6.54 Å². The standard InChI is InChI=1S/C13H10BrFN4O/c1-20-12-10(14)7-18-13(19-12)17-6-9-3-2-8(5-16)4-11(9)15/h2-4,7H,6H2,1H3,(H,17,18,19). The van der Waals surface area contributed by atoms with E-state index in [1.807, 2.05) is 6.07 Å². The second-order valence-corrected chi connectivity index (χ2v) is 4.68. The van der Waals surface area contributed by atoms with Gasteiger partial charge in [-0.1, -0.05) is 6.07 Å². The summed E-state index contributed by atoms with van der Waals surface area (Å²) in [6.45, 7) is 0.211. The normalized spacial score (nSPS) is 9.90. The highest BCUT2D eigenvalue weighted by molar-refractivity contribution is 9.10. The minimum Gasteiger partial charge on any atom is -0.480 e. The Labute approximate surface area is 123 Å². The van der Waals surface area contributed by atoms with Gasteiger partial charge in [0, 0.05) is 12.1 Å². The molecular formula is C13H10BrFN4O. The molecule has 0 bridgehead atoms. The van der Waals surface area contributed by atoms with Crippen LogP contribution in [-0.4, -0.2) is 17.1 Å². The van der Waals surface area contributed by atoms with Gasteiger partial charge in [-0.3, -0.25) is 0 Å². The van der Waals surface area contributed by atoms with Crippen LogP contribution in [0.15, 0.2) is 28.9 Å². The molecule has 2 aromatic rings. The zero-order chi connectivity index (χ0) is 14.5. The summed E-state index contributed by atoms with van der Waals surface area (Å²) in [6.07, 6.45) is 1.54. The van der Waals surface area contributed by atoms with Crippen LogP contribution in [0.5, 0.6) is 5.88 Å². The smallest absolute Gasteiger partial charge is 0.232 e. The summed E-state index contributed by atoms with van der Waals surface area (Å²) < 4.78 is 19.4. The summed E-state index contributed by atoms with van der Waals surface area (Å²) in [5.74, 6) is 0.275. The van der Waals surface area contributed by atoms with Crippen LogP contribution in [0.1, 0.15) is 11.1 Å². The van der Waals surface area contributed by atoms with Crippen molar-refractivity contribution >= 4 is 21.9 Å². The summed E-state index contributed by atoms with van der Waals surface area (Å²) >= 11 is 3.25. The van der Waals surface area contributed by atoms with Crippen molar-refractivity contribution in [2.75, 3.05) is 12.4 Å². The minimum atomic E-state index is -0.444. The van der Waals surface area contributed by atoms with E-state index in [0.717, 1.165) is 0 Å². The average Bonchev–Trinajstić information content (AvgIpc) is 2.47. The Morgan fingerprint density at radius 2 is 2.30 bits per heavy atom. The maximum Gasteiger partial charge on any atom is 0.232 e. The van der Waals surface area contributed by atoms with Crippen molar-refractivity contribution < 1.29 is 9.13 Å². The zero-order valence-electron chi connectivity index (χ0n) is 10.5. The SMILES string of the molecule is COc1nc(NCc2ccc(C#N)cc2F)ncc1Br. The molecule has 0 radical (unpaired) electrons. The number of aromatic nitrogens is 2. The average molecular weight is 337 g/mol. The van der Waals surface area contributed by atoms with E-state index in [0.29, 0.717) is 21.9 Å². The molecule has 0 aliphatic heterocycles. The Bertz CT molecular complexity index is 672. The number of halogens is 2. The van der Waals surface area contributed by atoms with Crippen molar-refractivity contribution in [2.24, 2.45) is 0 Å². The third-order valence-electron chi connectivity index (χ3n) is 2.52. The van der Waals surface area contributed by atoms with Crippen LogP contribution in [0.3, 0.4) is 0 Å². The highest BCUT2D eigenvalue weighted by Crippen LogP contribution is 2.22. The molecule has 0 aliphatic carbocycles. The van der Waals surface area contributed by atoms with Crippen LogP contribution in [0.4, 0.5) is 10.3 Å². The second kappa shape index (κ2) is 6.30. The molecule has 0 amide bonds. The topological polar surface area (TPSA) is 70.8 Å². The molecule has 2 rings (SSSR count). The Hall–Kier alpha value is -2.20. The van der Waals surface area contributed by atoms with Crippen LogP contribution >= 0.6 is 15.9 Å². The summed E-state index contributed by atoms with van der Waals surface area (Å²) in [5.41, 5.74) is 0.710. The van der Waals surface area contributed by atoms with Gasteiger partial charge in [0.15, 0.2) is 0 Å². The van der Waals surface area contributed by atoms with E-state index in [9.17, 15) is 4.39 Å². The van der Waals surface area contributed by atoms with Crippen molar-refractivity contribution in [1.82, 2.24) is 9.97 Å². The maximum atomic E-state index is 13.7. The molecule has 7 heteroatoms. The number of rotatable bonds is 4. The van der Waals surface area contributed by atoms with Gasteiger partial charge >= 0.3 is 0 Å². The van der Waals surface area contributed by atoms with Crippen molar-refractivity contribution in [3.8, 4) is 11.9 Å². The summed E-state index contributed by atoms with van der Waals surface area (Å²) in [4.78, 5) is 8.14. The molecule has 0 unspecified atom stereocenters. The van der Waals surface area contributed by atoms with Gasteiger partial charge in [-0.15, -0.1) is 0 Å². The molecule has 20 heavy (non-hydrogen) atoms. The zero-order valence-corrected chi connectivity index (χ0v) is 12.1. The van der Waals surface area contributed by atoms with E-state index in [1.54, 1.807) is 18.3 Å². The van der Waals surface area contributed by atoms with Crippen molar-refractivity contribution in [3.05, 3.63) is 45.8 Å². The first-order valence-electron chi connectivity index (χ1n) is 5.63. The van der Waals surface area contributed by atoms with Gasteiger partial charge < -0.3 is 10.1 Å². The first-order valence-corrected chi connectivity index (χ1v) is 6.42. The second-order valence-electron chi connectivity index (χ2n) is 3.82. The van der Waals surface area contributed by atoms with E-state index in [1.165, 1.54) is 13.2 Å². The number of anilines is 1. The molecule has 0 aliphatic rings. The van der Waals surface area contributed by atoms with Gasteiger partial charge in [-0.2, -0.15) is 10.2 Å². The number of ether oxygens (including phenoxy) is 1. The Balaban J connectivity index is 2.11. The Morgan fingerprint density at radius 3 is 2.95 bits per heavy atom. The van der Waals surface area contributed by atoms with E-state index in [4.69, 9.17) is 10.00 Å². The number of nitrogens with zero attached hydrogens (tertiary/aromatic N) is 3. The van der Waals surface area contributed by atoms with Crippen LogP contribution in [0.25, 0.3) is 0 Å². The minimum absolute atomic E-state index is 0.211. The molecule has 1 heterocycles. The number of nitrogens with one attached hydrogen (secondary N) is 1. The fraction of sp³-hybridized carbons (Fsp3) is 0.154. The first kappa shape index (κ1) is 14.2. The highest BCUT2D eigenvalue weighted by atomic mass is 79.9. The molecule has 1 aromatic heterocycles. The van der Waals surface area contributed by atoms with E-state index in [2.05, 4.69) is 31.2 Å². The first-order chi connectivity index (χ1) is 9.63. The number of methoxy groups -OCH3 is 1. The number of benzene rings is 1. The van der Waals surface area contributed by atoms with Crippen molar-refractivity contribution in [3.63, 3.8) is 0 Å². The van der Waals surface area contributed by atoms with Crippen LogP contribution in [0.2, 0.25) is 0 Å². The predicted molar refractivity (Wildman–Crippen MR) is 74.7 cm³/mol. The Kier molecular flexibility index (Phi) is 4.48. The number of hydrogen-bond acceptors (Lipinski definition) is 5. The summed E-state index contributed by atoms with van der Waals surface area (Å²) in [6, 6.07) is 6.19. The highest BCUT2D eigenvalue weighted by Gasteiger charge is 2.07. The van der Waals surface area contributed by atoms with Crippen LogP contribution in [0, 0.1) is 17.1 Å². The van der Waals surface area contributed by atoms with Gasteiger partial charge in [0.05, 0.1) is 29.4 Å². The molecular weight excluding hydrogens is 327 g/mol. The lowest BCUT2D eigenvalue weighted by Gasteiger charge is -2.08. The number of hydrogen-bond donors (Lipinski definition) is 1. The third-order valence-corrected chi connectivity index (χ3v) is 3.07. The molecule has 1 N–H and O–H groups in total.